The predicted molar refractivity (Wildman–Crippen MR) is 96.9 cm³/mol. The van der Waals surface area contributed by atoms with Crippen molar-refractivity contribution in [3.05, 3.63) is 52.6 Å². The van der Waals surface area contributed by atoms with Crippen LogP contribution in [0, 0.1) is 5.92 Å². The third-order valence-electron chi connectivity index (χ3n) is 4.22. The number of halogens is 1. The molecule has 5 heteroatoms. The van der Waals surface area contributed by atoms with Crippen molar-refractivity contribution in [3.63, 3.8) is 0 Å². The maximum atomic E-state index is 12.4. The Balaban J connectivity index is 1.71. The summed E-state index contributed by atoms with van der Waals surface area (Å²) in [5.74, 6) is 1.55. The van der Waals surface area contributed by atoms with E-state index < -0.39 is 0 Å². The first-order chi connectivity index (χ1) is 11.1. The molecule has 23 heavy (non-hydrogen) atoms. The van der Waals surface area contributed by atoms with Crippen LogP contribution in [0.15, 0.2) is 47.1 Å². The molecular weight excluding hydrogens is 354 g/mol. The minimum Gasteiger partial charge on any atom is -0.357 e. The van der Waals surface area contributed by atoms with Gasteiger partial charge in [0.2, 0.25) is 0 Å². The Hall–Kier alpha value is -1.88. The lowest BCUT2D eigenvalue weighted by Gasteiger charge is -2.31. The minimum absolute atomic E-state index is 0.110. The zero-order chi connectivity index (χ0) is 16.2. The van der Waals surface area contributed by atoms with Crippen molar-refractivity contribution in [1.82, 2.24) is 4.98 Å². The molecular formula is C18H20BrN3O. The van der Waals surface area contributed by atoms with Crippen molar-refractivity contribution < 1.29 is 4.79 Å². The summed E-state index contributed by atoms with van der Waals surface area (Å²) in [5, 5.41) is 2.92. The van der Waals surface area contributed by atoms with Gasteiger partial charge in [0.25, 0.3) is 5.91 Å². The number of amides is 1. The molecule has 0 aliphatic carbocycles. The van der Waals surface area contributed by atoms with E-state index >= 15 is 0 Å². The third-order valence-corrected chi connectivity index (χ3v) is 4.75. The van der Waals surface area contributed by atoms with Gasteiger partial charge in [0, 0.05) is 35.0 Å². The molecule has 1 saturated heterocycles. The molecule has 0 saturated carbocycles. The standard InChI is InChI=1S/C18H20BrN3O/c1-13-7-10-22(11-8-13)17-12-14(6-9-20-17)18(23)21-16-4-2-15(19)3-5-16/h2-6,9,12-13H,7-8,10-11H2,1H3,(H,21,23). The number of nitrogens with one attached hydrogen (secondary N) is 1. The molecule has 2 heterocycles. The van der Waals surface area contributed by atoms with Crippen LogP contribution < -0.4 is 10.2 Å². The number of carbonyl (C=O) groups is 1. The molecule has 0 bridgehead atoms. The maximum absolute atomic E-state index is 12.4. The second-order valence-electron chi connectivity index (χ2n) is 6.03. The fourth-order valence-electron chi connectivity index (χ4n) is 2.71. The fourth-order valence-corrected chi connectivity index (χ4v) is 2.97. The number of aromatic nitrogens is 1. The zero-order valence-corrected chi connectivity index (χ0v) is 14.7. The molecule has 1 amide bonds. The minimum atomic E-state index is -0.110. The summed E-state index contributed by atoms with van der Waals surface area (Å²) >= 11 is 3.39. The lowest BCUT2D eigenvalue weighted by Crippen LogP contribution is -2.33. The Bertz CT molecular complexity index is 679. The van der Waals surface area contributed by atoms with Crippen LogP contribution in [0.25, 0.3) is 0 Å². The van der Waals surface area contributed by atoms with Gasteiger partial charge in [-0.15, -0.1) is 0 Å². The number of anilines is 2. The Morgan fingerprint density at radius 1 is 1.22 bits per heavy atom. The smallest absolute Gasteiger partial charge is 0.255 e. The van der Waals surface area contributed by atoms with Crippen LogP contribution in [0.2, 0.25) is 0 Å². The number of benzene rings is 1. The van der Waals surface area contributed by atoms with Gasteiger partial charge < -0.3 is 10.2 Å². The molecule has 4 nitrogen and oxygen atoms in total. The number of hydrogen-bond donors (Lipinski definition) is 1. The van der Waals surface area contributed by atoms with E-state index in [1.807, 2.05) is 30.3 Å². The highest BCUT2D eigenvalue weighted by molar-refractivity contribution is 9.10. The lowest BCUT2D eigenvalue weighted by molar-refractivity contribution is 0.102. The van der Waals surface area contributed by atoms with Crippen molar-refractivity contribution >= 4 is 33.3 Å². The second-order valence-corrected chi connectivity index (χ2v) is 6.95. The number of pyridine rings is 1. The molecule has 1 aliphatic heterocycles. The van der Waals surface area contributed by atoms with Gasteiger partial charge in [-0.1, -0.05) is 22.9 Å². The summed E-state index contributed by atoms with van der Waals surface area (Å²) in [6.07, 6.45) is 4.07. The van der Waals surface area contributed by atoms with E-state index in [1.54, 1.807) is 12.3 Å². The predicted octanol–water partition coefficient (Wildman–Crippen LogP) is 4.33. The highest BCUT2D eigenvalue weighted by Crippen LogP contribution is 2.22. The molecule has 0 radical (unpaired) electrons. The van der Waals surface area contributed by atoms with Crippen molar-refractivity contribution in [2.75, 3.05) is 23.3 Å². The van der Waals surface area contributed by atoms with E-state index in [4.69, 9.17) is 0 Å². The van der Waals surface area contributed by atoms with Gasteiger partial charge in [0.15, 0.2) is 0 Å². The Morgan fingerprint density at radius 3 is 2.61 bits per heavy atom. The van der Waals surface area contributed by atoms with E-state index in [1.165, 1.54) is 12.8 Å². The number of rotatable bonds is 3. The quantitative estimate of drug-likeness (QED) is 0.870. The molecule has 120 valence electrons. The van der Waals surface area contributed by atoms with Crippen LogP contribution in [0.5, 0.6) is 0 Å². The van der Waals surface area contributed by atoms with E-state index in [0.29, 0.717) is 5.56 Å². The van der Waals surface area contributed by atoms with Crippen LogP contribution >= 0.6 is 15.9 Å². The molecule has 1 aromatic carbocycles. The Kier molecular flexibility index (Phi) is 4.96. The van der Waals surface area contributed by atoms with Crippen LogP contribution in [0.4, 0.5) is 11.5 Å². The van der Waals surface area contributed by atoms with Crippen LogP contribution in [0.3, 0.4) is 0 Å². The SMILES string of the molecule is CC1CCN(c2cc(C(=O)Nc3ccc(Br)cc3)ccn2)CC1. The van der Waals surface area contributed by atoms with Gasteiger partial charge >= 0.3 is 0 Å². The summed E-state index contributed by atoms with van der Waals surface area (Å²) < 4.78 is 0.987. The highest BCUT2D eigenvalue weighted by Gasteiger charge is 2.18. The molecule has 0 unspecified atom stereocenters. The van der Waals surface area contributed by atoms with Gasteiger partial charge in [-0.25, -0.2) is 4.98 Å². The molecule has 2 aromatic rings. The third kappa shape index (κ3) is 4.10. The molecule has 1 fully saturated rings. The van der Waals surface area contributed by atoms with Gasteiger partial charge in [-0.2, -0.15) is 0 Å². The zero-order valence-electron chi connectivity index (χ0n) is 13.1. The lowest BCUT2D eigenvalue weighted by atomic mass is 9.99. The maximum Gasteiger partial charge on any atom is 0.255 e. The molecule has 0 spiro atoms. The number of hydrogen-bond acceptors (Lipinski definition) is 3. The highest BCUT2D eigenvalue weighted by atomic mass is 79.9. The summed E-state index contributed by atoms with van der Waals surface area (Å²) in [5.41, 5.74) is 1.42. The Labute approximate surface area is 145 Å². The van der Waals surface area contributed by atoms with Gasteiger partial charge in [-0.3, -0.25) is 4.79 Å². The molecule has 3 rings (SSSR count). The van der Waals surface area contributed by atoms with E-state index in [0.717, 1.165) is 35.0 Å². The van der Waals surface area contributed by atoms with E-state index in [9.17, 15) is 4.79 Å². The van der Waals surface area contributed by atoms with Crippen LogP contribution in [-0.2, 0) is 0 Å². The number of piperidine rings is 1. The topological polar surface area (TPSA) is 45.2 Å². The first-order valence-electron chi connectivity index (χ1n) is 7.90. The van der Waals surface area contributed by atoms with Crippen molar-refractivity contribution in [3.8, 4) is 0 Å². The fraction of sp³-hybridized carbons (Fsp3) is 0.333. The van der Waals surface area contributed by atoms with Gasteiger partial charge in [-0.05, 0) is 55.2 Å². The Morgan fingerprint density at radius 2 is 1.91 bits per heavy atom. The summed E-state index contributed by atoms with van der Waals surface area (Å²) in [4.78, 5) is 19.1. The monoisotopic (exact) mass is 373 g/mol. The summed E-state index contributed by atoms with van der Waals surface area (Å²) in [7, 11) is 0. The van der Waals surface area contributed by atoms with E-state index in [2.05, 4.69) is 38.1 Å². The molecule has 1 aromatic heterocycles. The number of carbonyl (C=O) groups excluding carboxylic acids is 1. The summed E-state index contributed by atoms with van der Waals surface area (Å²) in [6.45, 7) is 4.30. The van der Waals surface area contributed by atoms with E-state index in [-0.39, 0.29) is 5.91 Å². The molecule has 0 atom stereocenters. The van der Waals surface area contributed by atoms with Gasteiger partial charge in [0.05, 0.1) is 0 Å². The van der Waals surface area contributed by atoms with Crippen molar-refractivity contribution in [1.29, 1.82) is 0 Å². The molecule has 1 N–H and O–H groups in total. The van der Waals surface area contributed by atoms with Gasteiger partial charge in [0.1, 0.15) is 5.82 Å². The second kappa shape index (κ2) is 7.13. The molecule has 1 aliphatic rings. The van der Waals surface area contributed by atoms with Crippen LogP contribution in [0.1, 0.15) is 30.1 Å². The van der Waals surface area contributed by atoms with Crippen molar-refractivity contribution in [2.24, 2.45) is 5.92 Å². The largest absolute Gasteiger partial charge is 0.357 e. The summed E-state index contributed by atoms with van der Waals surface area (Å²) in [6, 6.07) is 11.2. The van der Waals surface area contributed by atoms with Crippen LogP contribution in [-0.4, -0.2) is 24.0 Å². The normalized spacial score (nSPS) is 15.5. The average molecular weight is 374 g/mol. The van der Waals surface area contributed by atoms with Crippen molar-refractivity contribution in [2.45, 2.75) is 19.8 Å². The average Bonchev–Trinajstić information content (AvgIpc) is 2.58. The first-order valence-corrected chi connectivity index (χ1v) is 8.69. The first kappa shape index (κ1) is 16.0. The number of nitrogens with zero attached hydrogens (tertiary/aromatic N) is 2.